The summed E-state index contributed by atoms with van der Waals surface area (Å²) in [4.78, 5) is 2.37. The third kappa shape index (κ3) is 4.93. The van der Waals surface area contributed by atoms with Crippen molar-refractivity contribution in [2.45, 2.75) is 38.6 Å². The normalized spacial score (nSPS) is 12.9. The third-order valence-electron chi connectivity index (χ3n) is 4.98. The fourth-order valence-electron chi connectivity index (χ4n) is 3.07. The van der Waals surface area contributed by atoms with Gasteiger partial charge in [0.25, 0.3) is 0 Å². The molecule has 0 aliphatic carbocycles. The lowest BCUT2D eigenvalue weighted by Crippen LogP contribution is -2.39. The molecule has 0 amide bonds. The van der Waals surface area contributed by atoms with Crippen LogP contribution in [0.5, 0.6) is 11.5 Å². The van der Waals surface area contributed by atoms with Gasteiger partial charge >= 0.3 is 0 Å². The van der Waals surface area contributed by atoms with Gasteiger partial charge in [0.2, 0.25) is 0 Å². The Morgan fingerprint density at radius 2 is 1.58 bits per heavy atom. The van der Waals surface area contributed by atoms with Gasteiger partial charge in [0.05, 0.1) is 14.2 Å². The van der Waals surface area contributed by atoms with Crippen LogP contribution in [0.1, 0.15) is 44.2 Å². The molecule has 2 rings (SSSR count). The first kappa shape index (κ1) is 20.6. The predicted octanol–water partition coefficient (Wildman–Crippen LogP) is 5.61. The molecule has 0 saturated carbocycles. The second-order valence-corrected chi connectivity index (χ2v) is 8.00. The van der Waals surface area contributed by atoms with Crippen LogP contribution in [0.2, 0.25) is 5.02 Å². The first-order valence-electron chi connectivity index (χ1n) is 8.95. The van der Waals surface area contributed by atoms with Crippen molar-refractivity contribution >= 4 is 11.6 Å². The molecule has 2 aromatic rings. The van der Waals surface area contributed by atoms with Crippen molar-refractivity contribution in [3.8, 4) is 11.5 Å². The summed E-state index contributed by atoms with van der Waals surface area (Å²) in [5, 5.41) is 0.713. The minimum atomic E-state index is 0.115. The number of methoxy groups -OCH3 is 2. The molecule has 26 heavy (non-hydrogen) atoms. The van der Waals surface area contributed by atoms with Crippen LogP contribution in [-0.4, -0.2) is 38.3 Å². The molecular formula is C22H30ClNO2. The Balaban J connectivity index is 2.47. The lowest BCUT2D eigenvalue weighted by atomic mass is 9.86. The van der Waals surface area contributed by atoms with Crippen molar-refractivity contribution in [1.82, 2.24) is 4.90 Å². The third-order valence-corrected chi connectivity index (χ3v) is 5.21. The molecule has 0 fully saturated rings. The van der Waals surface area contributed by atoms with Crippen molar-refractivity contribution in [3.05, 3.63) is 58.6 Å². The number of rotatable bonds is 7. The monoisotopic (exact) mass is 375 g/mol. The zero-order valence-electron chi connectivity index (χ0n) is 16.7. The van der Waals surface area contributed by atoms with E-state index in [1.165, 1.54) is 0 Å². The maximum atomic E-state index is 6.32. The van der Waals surface area contributed by atoms with Gasteiger partial charge in [0.15, 0.2) is 0 Å². The molecule has 0 aliphatic heterocycles. The number of ether oxygens (including phenoxy) is 2. The molecular weight excluding hydrogens is 346 g/mol. The van der Waals surface area contributed by atoms with E-state index < -0.39 is 0 Å². The quantitative estimate of drug-likeness (QED) is 0.627. The van der Waals surface area contributed by atoms with Gasteiger partial charge in [-0.1, -0.05) is 29.8 Å². The Morgan fingerprint density at radius 1 is 0.962 bits per heavy atom. The standard InChI is InChI=1S/C22H30ClNO2/c1-22(2,3)24(4)14-13-17(18-9-7-8-10-20(18)25-5)19-15-16(23)11-12-21(19)26-6/h7-12,15,17H,13-14H2,1-6H3. The van der Waals surface area contributed by atoms with E-state index in [0.29, 0.717) is 5.02 Å². The van der Waals surface area contributed by atoms with E-state index >= 15 is 0 Å². The van der Waals surface area contributed by atoms with Gasteiger partial charge in [0.1, 0.15) is 11.5 Å². The van der Waals surface area contributed by atoms with E-state index in [0.717, 1.165) is 35.6 Å². The topological polar surface area (TPSA) is 21.7 Å². The zero-order valence-corrected chi connectivity index (χ0v) is 17.4. The van der Waals surface area contributed by atoms with Crippen LogP contribution in [0.25, 0.3) is 0 Å². The van der Waals surface area contributed by atoms with Crippen LogP contribution in [0.15, 0.2) is 42.5 Å². The van der Waals surface area contributed by atoms with Crippen molar-refractivity contribution in [2.75, 3.05) is 27.8 Å². The summed E-state index contributed by atoms with van der Waals surface area (Å²) >= 11 is 6.32. The number of halogens is 1. The van der Waals surface area contributed by atoms with E-state index in [9.17, 15) is 0 Å². The van der Waals surface area contributed by atoms with Crippen LogP contribution in [0.3, 0.4) is 0 Å². The molecule has 0 heterocycles. The minimum Gasteiger partial charge on any atom is -0.496 e. The highest BCUT2D eigenvalue weighted by Crippen LogP contribution is 2.40. The summed E-state index contributed by atoms with van der Waals surface area (Å²) < 4.78 is 11.3. The Labute approximate surface area is 162 Å². The average molecular weight is 376 g/mol. The Kier molecular flexibility index (Phi) is 6.96. The highest BCUT2D eigenvalue weighted by molar-refractivity contribution is 6.30. The summed E-state index contributed by atoms with van der Waals surface area (Å²) in [7, 11) is 5.58. The number of hydrogen-bond donors (Lipinski definition) is 0. The lowest BCUT2D eigenvalue weighted by molar-refractivity contribution is 0.171. The van der Waals surface area contributed by atoms with Crippen molar-refractivity contribution in [2.24, 2.45) is 0 Å². The molecule has 0 bridgehead atoms. The van der Waals surface area contributed by atoms with E-state index in [1.54, 1.807) is 14.2 Å². The van der Waals surface area contributed by atoms with Crippen molar-refractivity contribution in [3.63, 3.8) is 0 Å². The average Bonchev–Trinajstić information content (AvgIpc) is 2.61. The fraction of sp³-hybridized carbons (Fsp3) is 0.455. The summed E-state index contributed by atoms with van der Waals surface area (Å²) in [6.07, 6.45) is 0.935. The molecule has 0 radical (unpaired) electrons. The summed E-state index contributed by atoms with van der Waals surface area (Å²) in [5.41, 5.74) is 2.36. The summed E-state index contributed by atoms with van der Waals surface area (Å²) in [6, 6.07) is 14.0. The van der Waals surface area contributed by atoms with Crippen LogP contribution < -0.4 is 9.47 Å². The second-order valence-electron chi connectivity index (χ2n) is 7.56. The number of benzene rings is 2. The van der Waals surface area contributed by atoms with E-state index in [1.807, 2.05) is 30.3 Å². The van der Waals surface area contributed by atoms with E-state index in [4.69, 9.17) is 21.1 Å². The first-order valence-corrected chi connectivity index (χ1v) is 9.33. The maximum Gasteiger partial charge on any atom is 0.122 e. The minimum absolute atomic E-state index is 0.115. The fourth-order valence-corrected chi connectivity index (χ4v) is 3.25. The Morgan fingerprint density at radius 3 is 2.19 bits per heavy atom. The van der Waals surface area contributed by atoms with Gasteiger partial charge in [0, 0.05) is 27.6 Å². The van der Waals surface area contributed by atoms with Gasteiger partial charge in [-0.15, -0.1) is 0 Å². The first-order chi connectivity index (χ1) is 12.3. The van der Waals surface area contributed by atoms with Gasteiger partial charge in [-0.05, 0) is 65.0 Å². The summed E-state index contributed by atoms with van der Waals surface area (Å²) in [6.45, 7) is 7.63. The van der Waals surface area contributed by atoms with Gasteiger partial charge in [-0.2, -0.15) is 0 Å². The zero-order chi connectivity index (χ0) is 19.3. The molecule has 142 valence electrons. The predicted molar refractivity (Wildman–Crippen MR) is 110 cm³/mol. The summed E-state index contributed by atoms with van der Waals surface area (Å²) in [5.74, 6) is 1.87. The molecule has 4 heteroatoms. The number of para-hydroxylation sites is 1. The van der Waals surface area contributed by atoms with Gasteiger partial charge in [-0.3, -0.25) is 0 Å². The SMILES string of the molecule is COc1ccccc1C(CCN(C)C(C)(C)C)c1cc(Cl)ccc1OC. The van der Waals surface area contributed by atoms with Crippen LogP contribution in [0, 0.1) is 0 Å². The molecule has 3 nitrogen and oxygen atoms in total. The molecule has 1 atom stereocenters. The molecule has 0 aromatic heterocycles. The molecule has 0 spiro atoms. The second kappa shape index (κ2) is 8.79. The lowest BCUT2D eigenvalue weighted by Gasteiger charge is -2.33. The Hall–Kier alpha value is -1.71. The highest BCUT2D eigenvalue weighted by Gasteiger charge is 2.24. The molecule has 1 unspecified atom stereocenters. The Bertz CT molecular complexity index is 724. The van der Waals surface area contributed by atoms with Crippen molar-refractivity contribution in [1.29, 1.82) is 0 Å². The van der Waals surface area contributed by atoms with Crippen LogP contribution in [-0.2, 0) is 0 Å². The molecule has 0 aliphatic rings. The highest BCUT2D eigenvalue weighted by atomic mass is 35.5. The van der Waals surface area contributed by atoms with Crippen LogP contribution in [0.4, 0.5) is 0 Å². The van der Waals surface area contributed by atoms with Crippen molar-refractivity contribution < 1.29 is 9.47 Å². The van der Waals surface area contributed by atoms with Gasteiger partial charge < -0.3 is 14.4 Å². The van der Waals surface area contributed by atoms with Crippen LogP contribution >= 0.6 is 11.6 Å². The van der Waals surface area contributed by atoms with E-state index in [2.05, 4.69) is 44.9 Å². The van der Waals surface area contributed by atoms with E-state index in [-0.39, 0.29) is 11.5 Å². The smallest absolute Gasteiger partial charge is 0.122 e. The maximum absolute atomic E-state index is 6.32. The number of nitrogens with zero attached hydrogens (tertiary/aromatic N) is 1. The molecule has 0 saturated heterocycles. The molecule has 2 aromatic carbocycles. The molecule has 0 N–H and O–H groups in total. The van der Waals surface area contributed by atoms with Gasteiger partial charge in [-0.25, -0.2) is 0 Å². The largest absolute Gasteiger partial charge is 0.496 e. The number of hydrogen-bond acceptors (Lipinski definition) is 3.